The largest absolute Gasteiger partial charge is 0.464 e. The minimum atomic E-state index is -1.69. The maximum absolute atomic E-state index is 12.8. The van der Waals surface area contributed by atoms with E-state index in [1.807, 2.05) is 35.0 Å². The van der Waals surface area contributed by atoms with Crippen molar-refractivity contribution in [1.29, 1.82) is 0 Å². The van der Waals surface area contributed by atoms with E-state index in [-0.39, 0.29) is 13.2 Å². The van der Waals surface area contributed by atoms with Crippen LogP contribution in [0.3, 0.4) is 0 Å². The van der Waals surface area contributed by atoms with E-state index in [9.17, 15) is 9.59 Å². The minimum Gasteiger partial charge on any atom is -0.464 e. The van der Waals surface area contributed by atoms with Crippen molar-refractivity contribution in [2.45, 2.75) is 25.9 Å². The van der Waals surface area contributed by atoms with E-state index >= 15 is 0 Å². The first-order valence-electron chi connectivity index (χ1n) is 8.00. The molecule has 0 spiro atoms. The molecule has 0 amide bonds. The van der Waals surface area contributed by atoms with E-state index in [1.165, 1.54) is 0 Å². The Morgan fingerprint density at radius 3 is 2.42 bits per heavy atom. The number of rotatable bonds is 4. The van der Waals surface area contributed by atoms with Gasteiger partial charge in [-0.3, -0.25) is 5.32 Å². The summed E-state index contributed by atoms with van der Waals surface area (Å²) in [5, 5.41) is 3.09. The molecule has 126 valence electrons. The molecule has 0 aliphatic carbocycles. The van der Waals surface area contributed by atoms with Crippen LogP contribution in [0.4, 0.5) is 0 Å². The van der Waals surface area contributed by atoms with Crippen LogP contribution in [0, 0.1) is 0 Å². The van der Waals surface area contributed by atoms with Gasteiger partial charge in [-0.1, -0.05) is 18.2 Å². The summed E-state index contributed by atoms with van der Waals surface area (Å²) in [4.78, 5) is 25.6. The Hall–Kier alpha value is -2.60. The van der Waals surface area contributed by atoms with E-state index in [0.29, 0.717) is 12.2 Å². The van der Waals surface area contributed by atoms with Gasteiger partial charge in [0.15, 0.2) is 0 Å². The highest BCUT2D eigenvalue weighted by atomic mass is 16.6. The van der Waals surface area contributed by atoms with E-state index in [4.69, 9.17) is 9.47 Å². The summed E-state index contributed by atoms with van der Waals surface area (Å²) in [5.74, 6) is -1.31. The van der Waals surface area contributed by atoms with Crippen molar-refractivity contribution >= 4 is 11.9 Å². The van der Waals surface area contributed by atoms with Crippen molar-refractivity contribution in [1.82, 2.24) is 9.88 Å². The van der Waals surface area contributed by atoms with Gasteiger partial charge in [0.2, 0.25) is 0 Å². The Morgan fingerprint density at radius 2 is 1.75 bits per heavy atom. The molecule has 2 aromatic rings. The maximum Gasteiger partial charge on any atom is 0.344 e. The average Bonchev–Trinajstić information content (AvgIpc) is 3.01. The lowest BCUT2D eigenvalue weighted by atomic mass is 9.95. The fourth-order valence-electron chi connectivity index (χ4n) is 3.03. The van der Waals surface area contributed by atoms with Crippen LogP contribution in [0.5, 0.6) is 0 Å². The van der Waals surface area contributed by atoms with Crippen LogP contribution in [-0.2, 0) is 31.1 Å². The fraction of sp³-hybridized carbons (Fsp3) is 0.333. The molecule has 2 heterocycles. The molecule has 3 rings (SSSR count). The van der Waals surface area contributed by atoms with Crippen LogP contribution >= 0.6 is 0 Å². The molecule has 0 saturated heterocycles. The second kappa shape index (κ2) is 6.49. The number of esters is 2. The van der Waals surface area contributed by atoms with Gasteiger partial charge >= 0.3 is 11.9 Å². The maximum atomic E-state index is 12.8. The van der Waals surface area contributed by atoms with Gasteiger partial charge < -0.3 is 14.0 Å². The number of nitrogens with zero attached hydrogens (tertiary/aromatic N) is 1. The number of hydrogen-bond donors (Lipinski definition) is 1. The molecule has 0 atom stereocenters. The summed E-state index contributed by atoms with van der Waals surface area (Å²) in [7, 11) is 0. The van der Waals surface area contributed by atoms with Crippen molar-refractivity contribution in [2.75, 3.05) is 13.2 Å². The van der Waals surface area contributed by atoms with Crippen molar-refractivity contribution < 1.29 is 19.1 Å². The van der Waals surface area contributed by atoms with Crippen molar-refractivity contribution in [3.8, 4) is 5.69 Å². The zero-order chi connectivity index (χ0) is 17.2. The Balaban J connectivity index is 2.21. The van der Waals surface area contributed by atoms with E-state index in [2.05, 4.69) is 5.32 Å². The summed E-state index contributed by atoms with van der Waals surface area (Å²) < 4.78 is 12.3. The SMILES string of the molecule is CCOC(=O)C1(C(=O)OCC)NCc2ccccc2-n2cccc21. The first-order valence-corrected chi connectivity index (χ1v) is 8.00. The number of carbonyl (C=O) groups excluding carboxylic acids is 2. The second-order valence-electron chi connectivity index (χ2n) is 5.44. The number of nitrogens with one attached hydrogen (secondary N) is 1. The van der Waals surface area contributed by atoms with Gasteiger partial charge in [0, 0.05) is 18.4 Å². The Labute approximate surface area is 140 Å². The zero-order valence-electron chi connectivity index (χ0n) is 13.7. The minimum absolute atomic E-state index is 0.176. The molecule has 0 saturated carbocycles. The van der Waals surface area contributed by atoms with Crippen LogP contribution in [-0.4, -0.2) is 29.7 Å². The van der Waals surface area contributed by atoms with E-state index < -0.39 is 17.5 Å². The smallest absolute Gasteiger partial charge is 0.344 e. The number of benzene rings is 1. The monoisotopic (exact) mass is 328 g/mol. The van der Waals surface area contributed by atoms with Crippen LogP contribution in [0.2, 0.25) is 0 Å². The van der Waals surface area contributed by atoms with Gasteiger partial charge in [0.1, 0.15) is 0 Å². The molecule has 0 radical (unpaired) electrons. The summed E-state index contributed by atoms with van der Waals surface area (Å²) in [6.07, 6.45) is 1.83. The average molecular weight is 328 g/mol. The predicted molar refractivity (Wildman–Crippen MR) is 87.6 cm³/mol. The van der Waals surface area contributed by atoms with Gasteiger partial charge in [-0.25, -0.2) is 9.59 Å². The number of carbonyl (C=O) groups is 2. The molecule has 0 unspecified atom stereocenters. The number of ether oxygens (including phenoxy) is 2. The third kappa shape index (κ3) is 2.39. The van der Waals surface area contributed by atoms with E-state index in [0.717, 1.165) is 11.3 Å². The number of aromatic nitrogens is 1. The van der Waals surface area contributed by atoms with Crippen molar-refractivity contribution in [2.24, 2.45) is 0 Å². The highest BCUT2D eigenvalue weighted by Gasteiger charge is 2.53. The zero-order valence-corrected chi connectivity index (χ0v) is 13.7. The molecular weight excluding hydrogens is 308 g/mol. The van der Waals surface area contributed by atoms with Gasteiger partial charge in [0.25, 0.3) is 5.54 Å². The second-order valence-corrected chi connectivity index (χ2v) is 5.44. The topological polar surface area (TPSA) is 69.6 Å². The summed E-state index contributed by atoms with van der Waals surface area (Å²) in [5.41, 5.74) is 0.699. The molecular formula is C18H20N2O4. The molecule has 0 bridgehead atoms. The van der Waals surface area contributed by atoms with Crippen LogP contribution in [0.15, 0.2) is 42.6 Å². The van der Waals surface area contributed by atoms with Crippen molar-refractivity contribution in [3.63, 3.8) is 0 Å². The molecule has 1 aromatic carbocycles. The van der Waals surface area contributed by atoms with Gasteiger partial charge in [0.05, 0.1) is 18.9 Å². The first-order chi connectivity index (χ1) is 11.6. The first kappa shape index (κ1) is 16.3. The molecule has 6 heteroatoms. The molecule has 1 aromatic heterocycles. The predicted octanol–water partition coefficient (Wildman–Crippen LogP) is 1.90. The lowest BCUT2D eigenvalue weighted by Crippen LogP contribution is -2.56. The van der Waals surface area contributed by atoms with Gasteiger partial charge in [-0.2, -0.15) is 0 Å². The third-order valence-corrected chi connectivity index (χ3v) is 4.09. The quantitative estimate of drug-likeness (QED) is 0.686. The Kier molecular flexibility index (Phi) is 4.40. The molecule has 24 heavy (non-hydrogen) atoms. The summed E-state index contributed by atoms with van der Waals surface area (Å²) in [6, 6.07) is 11.3. The van der Waals surface area contributed by atoms with Gasteiger partial charge in [-0.15, -0.1) is 0 Å². The molecule has 6 nitrogen and oxygen atoms in total. The lowest BCUT2D eigenvalue weighted by molar-refractivity contribution is -0.167. The Bertz CT molecular complexity index is 748. The normalized spacial score (nSPS) is 14.9. The number of fused-ring (bicyclic) bond motifs is 3. The number of para-hydroxylation sites is 1. The molecule has 1 aliphatic heterocycles. The van der Waals surface area contributed by atoms with Crippen molar-refractivity contribution in [3.05, 3.63) is 53.9 Å². The highest BCUT2D eigenvalue weighted by molar-refractivity contribution is 6.05. The standard InChI is InChI=1S/C18H20N2O4/c1-3-23-16(21)18(17(22)24-4-2)15-10-7-11-20(15)14-9-6-5-8-13(14)12-19-18/h5-11,19H,3-4,12H2,1-2H3. The molecule has 0 fully saturated rings. The van der Waals surface area contributed by atoms with Gasteiger partial charge in [-0.05, 0) is 37.6 Å². The van der Waals surface area contributed by atoms with Crippen LogP contribution in [0.1, 0.15) is 25.1 Å². The van der Waals surface area contributed by atoms with Crippen LogP contribution < -0.4 is 5.32 Å². The summed E-state index contributed by atoms with van der Waals surface area (Å²) >= 11 is 0. The molecule has 1 N–H and O–H groups in total. The Morgan fingerprint density at radius 1 is 1.08 bits per heavy atom. The highest BCUT2D eigenvalue weighted by Crippen LogP contribution is 2.32. The van der Waals surface area contributed by atoms with Crippen LogP contribution in [0.25, 0.3) is 5.69 Å². The number of hydrogen-bond acceptors (Lipinski definition) is 5. The molecule has 1 aliphatic rings. The van der Waals surface area contributed by atoms with E-state index in [1.54, 1.807) is 26.0 Å². The fourth-order valence-corrected chi connectivity index (χ4v) is 3.03. The lowest BCUT2D eigenvalue weighted by Gasteiger charge is -2.29. The third-order valence-electron chi connectivity index (χ3n) is 4.09. The summed E-state index contributed by atoms with van der Waals surface area (Å²) in [6.45, 7) is 4.11.